The quantitative estimate of drug-likeness (QED) is 0.747. The standard InChI is InChI=1S/C10H19N3O/c1-4-9-6-10(13(2)12-9)5-8(11)7-14-3/h6,8H,4-5,7,11H2,1-3H3. The van der Waals surface area contributed by atoms with Crippen LogP contribution in [0.1, 0.15) is 18.3 Å². The van der Waals surface area contributed by atoms with Gasteiger partial charge < -0.3 is 10.5 Å². The van der Waals surface area contributed by atoms with E-state index in [2.05, 4.69) is 18.1 Å². The number of nitrogens with two attached hydrogens (primary N) is 1. The zero-order valence-electron chi connectivity index (χ0n) is 9.16. The third-order valence-corrected chi connectivity index (χ3v) is 2.24. The maximum Gasteiger partial charge on any atom is 0.0624 e. The van der Waals surface area contributed by atoms with E-state index >= 15 is 0 Å². The summed E-state index contributed by atoms with van der Waals surface area (Å²) in [6, 6.07) is 2.16. The summed E-state index contributed by atoms with van der Waals surface area (Å²) in [5.74, 6) is 0. The lowest BCUT2D eigenvalue weighted by molar-refractivity contribution is 0.179. The Morgan fingerprint density at radius 1 is 1.64 bits per heavy atom. The van der Waals surface area contributed by atoms with Gasteiger partial charge in [-0.3, -0.25) is 4.68 Å². The minimum atomic E-state index is 0.0557. The summed E-state index contributed by atoms with van der Waals surface area (Å²) >= 11 is 0. The Hall–Kier alpha value is -0.870. The van der Waals surface area contributed by atoms with Crippen molar-refractivity contribution in [1.29, 1.82) is 0 Å². The lowest BCUT2D eigenvalue weighted by Crippen LogP contribution is -2.28. The maximum atomic E-state index is 5.87. The molecule has 0 spiro atoms. The molecule has 4 nitrogen and oxygen atoms in total. The number of aryl methyl sites for hydroxylation is 2. The van der Waals surface area contributed by atoms with Crippen LogP contribution in [0.3, 0.4) is 0 Å². The average molecular weight is 197 g/mol. The highest BCUT2D eigenvalue weighted by Crippen LogP contribution is 2.06. The van der Waals surface area contributed by atoms with Gasteiger partial charge in [0.2, 0.25) is 0 Å². The molecule has 0 aliphatic rings. The van der Waals surface area contributed by atoms with E-state index in [1.54, 1.807) is 7.11 Å². The summed E-state index contributed by atoms with van der Waals surface area (Å²) in [6.07, 6.45) is 1.78. The van der Waals surface area contributed by atoms with Gasteiger partial charge in [0.05, 0.1) is 12.3 Å². The SMILES string of the molecule is CCc1cc(CC(N)COC)n(C)n1. The first-order chi connectivity index (χ1) is 6.67. The molecule has 1 aromatic heterocycles. The van der Waals surface area contributed by atoms with Gasteiger partial charge in [-0.25, -0.2) is 0 Å². The van der Waals surface area contributed by atoms with Crippen molar-refractivity contribution in [2.24, 2.45) is 12.8 Å². The Morgan fingerprint density at radius 2 is 2.36 bits per heavy atom. The number of ether oxygens (including phenoxy) is 1. The fourth-order valence-electron chi connectivity index (χ4n) is 1.48. The molecular weight excluding hydrogens is 178 g/mol. The van der Waals surface area contributed by atoms with Gasteiger partial charge in [0.15, 0.2) is 0 Å². The molecule has 0 aromatic carbocycles. The van der Waals surface area contributed by atoms with Crippen molar-refractivity contribution in [2.45, 2.75) is 25.8 Å². The number of methoxy groups -OCH3 is 1. The molecule has 4 heteroatoms. The summed E-state index contributed by atoms with van der Waals surface area (Å²) in [5.41, 5.74) is 8.16. The van der Waals surface area contributed by atoms with Crippen LogP contribution < -0.4 is 5.73 Å². The summed E-state index contributed by atoms with van der Waals surface area (Å²) < 4.78 is 6.89. The predicted octanol–water partition coefficient (Wildman–Crippen LogP) is 0.499. The molecule has 0 bridgehead atoms. The highest BCUT2D eigenvalue weighted by molar-refractivity contribution is 5.11. The van der Waals surface area contributed by atoms with Crippen LogP contribution in [0.4, 0.5) is 0 Å². The molecule has 1 rings (SSSR count). The van der Waals surface area contributed by atoms with Gasteiger partial charge in [0, 0.05) is 32.3 Å². The molecule has 0 radical (unpaired) electrons. The van der Waals surface area contributed by atoms with E-state index in [-0.39, 0.29) is 6.04 Å². The van der Waals surface area contributed by atoms with E-state index in [9.17, 15) is 0 Å². The first-order valence-corrected chi connectivity index (χ1v) is 4.93. The lowest BCUT2D eigenvalue weighted by Gasteiger charge is -2.09. The highest BCUT2D eigenvalue weighted by atomic mass is 16.5. The van der Waals surface area contributed by atoms with Crippen LogP contribution in [0.15, 0.2) is 6.07 Å². The molecule has 0 amide bonds. The van der Waals surface area contributed by atoms with Crippen molar-refractivity contribution in [1.82, 2.24) is 9.78 Å². The van der Waals surface area contributed by atoms with Gasteiger partial charge in [-0.2, -0.15) is 5.10 Å². The molecule has 1 unspecified atom stereocenters. The molecule has 2 N–H and O–H groups in total. The first kappa shape index (κ1) is 11.2. The van der Waals surface area contributed by atoms with Crippen molar-refractivity contribution < 1.29 is 4.74 Å². The van der Waals surface area contributed by atoms with E-state index in [0.29, 0.717) is 6.61 Å². The second kappa shape index (κ2) is 5.12. The monoisotopic (exact) mass is 197 g/mol. The van der Waals surface area contributed by atoms with Crippen LogP contribution in [-0.4, -0.2) is 29.5 Å². The molecule has 1 aromatic rings. The van der Waals surface area contributed by atoms with E-state index < -0.39 is 0 Å². The molecule has 14 heavy (non-hydrogen) atoms. The normalized spacial score (nSPS) is 13.1. The van der Waals surface area contributed by atoms with Crippen molar-refractivity contribution >= 4 is 0 Å². The minimum Gasteiger partial charge on any atom is -0.383 e. The van der Waals surface area contributed by atoms with Crippen molar-refractivity contribution in [3.05, 3.63) is 17.5 Å². The molecule has 0 fully saturated rings. The Morgan fingerprint density at radius 3 is 2.86 bits per heavy atom. The van der Waals surface area contributed by atoms with Crippen molar-refractivity contribution in [2.75, 3.05) is 13.7 Å². The summed E-state index contributed by atoms with van der Waals surface area (Å²) in [4.78, 5) is 0. The zero-order chi connectivity index (χ0) is 10.6. The summed E-state index contributed by atoms with van der Waals surface area (Å²) in [5, 5.41) is 4.36. The fourth-order valence-corrected chi connectivity index (χ4v) is 1.48. The molecular formula is C10H19N3O. The van der Waals surface area contributed by atoms with E-state index in [1.807, 2.05) is 11.7 Å². The van der Waals surface area contributed by atoms with Crippen molar-refractivity contribution in [3.8, 4) is 0 Å². The molecule has 0 aliphatic heterocycles. The fraction of sp³-hybridized carbons (Fsp3) is 0.700. The second-order valence-corrected chi connectivity index (χ2v) is 3.52. The van der Waals surface area contributed by atoms with Crippen LogP contribution in [0, 0.1) is 0 Å². The Balaban J connectivity index is 2.61. The van der Waals surface area contributed by atoms with Gasteiger partial charge in [0.1, 0.15) is 0 Å². The van der Waals surface area contributed by atoms with Crippen LogP contribution >= 0.6 is 0 Å². The molecule has 80 valence electrons. The smallest absolute Gasteiger partial charge is 0.0624 e. The van der Waals surface area contributed by atoms with Gasteiger partial charge in [0.25, 0.3) is 0 Å². The number of hydrogen-bond donors (Lipinski definition) is 1. The topological polar surface area (TPSA) is 53.1 Å². The van der Waals surface area contributed by atoms with E-state index in [4.69, 9.17) is 10.5 Å². The van der Waals surface area contributed by atoms with Crippen LogP contribution in [0.5, 0.6) is 0 Å². The number of hydrogen-bond acceptors (Lipinski definition) is 3. The van der Waals surface area contributed by atoms with E-state index in [0.717, 1.165) is 18.5 Å². The average Bonchev–Trinajstić information content (AvgIpc) is 2.48. The van der Waals surface area contributed by atoms with Crippen molar-refractivity contribution in [3.63, 3.8) is 0 Å². The van der Waals surface area contributed by atoms with Gasteiger partial charge in [-0.05, 0) is 12.5 Å². The highest BCUT2D eigenvalue weighted by Gasteiger charge is 2.08. The first-order valence-electron chi connectivity index (χ1n) is 4.93. The van der Waals surface area contributed by atoms with Gasteiger partial charge >= 0.3 is 0 Å². The van der Waals surface area contributed by atoms with Crippen LogP contribution in [-0.2, 0) is 24.6 Å². The van der Waals surface area contributed by atoms with Crippen LogP contribution in [0.25, 0.3) is 0 Å². The Kier molecular flexibility index (Phi) is 4.10. The second-order valence-electron chi connectivity index (χ2n) is 3.52. The largest absolute Gasteiger partial charge is 0.383 e. The van der Waals surface area contributed by atoms with Crippen LogP contribution in [0.2, 0.25) is 0 Å². The Labute approximate surface area is 85.0 Å². The Bertz CT molecular complexity index is 283. The minimum absolute atomic E-state index is 0.0557. The third-order valence-electron chi connectivity index (χ3n) is 2.24. The summed E-state index contributed by atoms with van der Waals surface area (Å²) in [6.45, 7) is 2.69. The zero-order valence-corrected chi connectivity index (χ0v) is 9.16. The van der Waals surface area contributed by atoms with Gasteiger partial charge in [-0.1, -0.05) is 6.92 Å². The molecule has 0 aliphatic carbocycles. The molecule has 0 saturated carbocycles. The van der Waals surface area contributed by atoms with Gasteiger partial charge in [-0.15, -0.1) is 0 Å². The van der Waals surface area contributed by atoms with E-state index in [1.165, 1.54) is 5.69 Å². The maximum absolute atomic E-state index is 5.87. The molecule has 1 heterocycles. The number of nitrogens with zero attached hydrogens (tertiary/aromatic N) is 2. The third kappa shape index (κ3) is 2.82. The number of aromatic nitrogens is 2. The number of rotatable bonds is 5. The molecule has 1 atom stereocenters. The molecule has 0 saturated heterocycles. The summed E-state index contributed by atoms with van der Waals surface area (Å²) in [7, 11) is 3.62. The predicted molar refractivity (Wildman–Crippen MR) is 56.1 cm³/mol. The lowest BCUT2D eigenvalue weighted by atomic mass is 10.1.